The number of pyridine rings is 1. The molecule has 0 saturated heterocycles. The van der Waals surface area contributed by atoms with Gasteiger partial charge in [0.25, 0.3) is 0 Å². The van der Waals surface area contributed by atoms with Crippen LogP contribution in [0.25, 0.3) is 22.5 Å². The first kappa shape index (κ1) is 13.6. The summed E-state index contributed by atoms with van der Waals surface area (Å²) >= 11 is 0. The van der Waals surface area contributed by atoms with Gasteiger partial charge in [0.15, 0.2) is 19.4 Å². The second-order valence-electron chi connectivity index (χ2n) is 5.47. The van der Waals surface area contributed by atoms with Crippen LogP contribution in [0.15, 0.2) is 54.9 Å². The van der Waals surface area contributed by atoms with Crippen LogP contribution in [0, 0.1) is 6.92 Å². The van der Waals surface area contributed by atoms with Crippen LogP contribution in [0.2, 0.25) is 0 Å². The van der Waals surface area contributed by atoms with Crippen molar-refractivity contribution in [1.82, 2.24) is 4.68 Å². The maximum atomic E-state index is 2.20. The van der Waals surface area contributed by atoms with Crippen molar-refractivity contribution in [2.75, 3.05) is 0 Å². The van der Waals surface area contributed by atoms with E-state index in [1.54, 1.807) is 0 Å². The predicted octanol–water partition coefficient (Wildman–Crippen LogP) is 2.32. The lowest BCUT2D eigenvalue weighted by atomic mass is 9.97. The average molecular weight is 279 g/mol. The second-order valence-corrected chi connectivity index (χ2v) is 5.47. The van der Waals surface area contributed by atoms with Crippen LogP contribution in [0.1, 0.15) is 5.56 Å². The Balaban J connectivity index is 2.21. The van der Waals surface area contributed by atoms with Crippen molar-refractivity contribution in [2.45, 2.75) is 6.92 Å². The molecule has 0 unspecified atom stereocenters. The molecule has 2 heterocycles. The number of hydrogen-bond acceptors (Lipinski definition) is 0. The molecule has 2 aromatic heterocycles. The Morgan fingerprint density at radius 1 is 0.857 bits per heavy atom. The molecule has 0 N–H and O–H groups in total. The number of hydrogen-bond donors (Lipinski definition) is 0. The third-order valence-electron chi connectivity index (χ3n) is 4.21. The van der Waals surface area contributed by atoms with Crippen LogP contribution >= 0.6 is 0 Å². The fraction of sp³-hybridized carbons (Fsp3) is 0.222. The zero-order chi connectivity index (χ0) is 15.0. The van der Waals surface area contributed by atoms with Crippen molar-refractivity contribution in [3.63, 3.8) is 0 Å². The van der Waals surface area contributed by atoms with Gasteiger partial charge in [0, 0.05) is 29.3 Å². The number of benzene rings is 1. The summed E-state index contributed by atoms with van der Waals surface area (Å²) in [6, 6.07) is 15.0. The summed E-state index contributed by atoms with van der Waals surface area (Å²) < 4.78 is 6.41. The van der Waals surface area contributed by atoms with Gasteiger partial charge in [-0.3, -0.25) is 0 Å². The van der Waals surface area contributed by atoms with Gasteiger partial charge in [-0.1, -0.05) is 12.1 Å². The van der Waals surface area contributed by atoms with Crippen LogP contribution in [0.5, 0.6) is 0 Å². The van der Waals surface area contributed by atoms with E-state index in [4.69, 9.17) is 0 Å². The van der Waals surface area contributed by atoms with Gasteiger partial charge in [-0.05, 0) is 24.6 Å². The van der Waals surface area contributed by atoms with E-state index in [0.29, 0.717) is 0 Å². The first-order valence-corrected chi connectivity index (χ1v) is 7.16. The molecule has 3 nitrogen and oxygen atoms in total. The Bertz CT molecular complexity index is 800. The molecule has 0 fully saturated rings. The molecule has 3 heteroatoms. The third kappa shape index (κ3) is 2.25. The molecule has 0 saturated carbocycles. The molecule has 0 spiro atoms. The van der Waals surface area contributed by atoms with Gasteiger partial charge in [-0.15, -0.1) is 4.68 Å². The second kappa shape index (κ2) is 5.17. The molecule has 0 amide bonds. The Morgan fingerprint density at radius 3 is 2.29 bits per heavy atom. The molecule has 0 aliphatic heterocycles. The van der Waals surface area contributed by atoms with E-state index < -0.39 is 0 Å². The van der Waals surface area contributed by atoms with Crippen molar-refractivity contribution >= 4 is 0 Å². The van der Waals surface area contributed by atoms with Crippen molar-refractivity contribution in [2.24, 2.45) is 21.1 Å². The zero-order valence-corrected chi connectivity index (χ0v) is 13.0. The maximum absolute atomic E-state index is 2.20. The van der Waals surface area contributed by atoms with Gasteiger partial charge in [0.2, 0.25) is 5.69 Å². The first-order valence-electron chi connectivity index (χ1n) is 7.16. The van der Waals surface area contributed by atoms with Crippen molar-refractivity contribution in [3.05, 3.63) is 60.4 Å². The molecule has 0 radical (unpaired) electrons. The summed E-state index contributed by atoms with van der Waals surface area (Å²) in [7, 11) is 6.23. The van der Waals surface area contributed by atoms with Crippen LogP contribution in [0.3, 0.4) is 0 Å². The largest absolute Gasteiger partial charge is 0.212 e. The van der Waals surface area contributed by atoms with Gasteiger partial charge in [0.1, 0.15) is 12.7 Å². The average Bonchev–Trinajstić information content (AvgIpc) is 2.80. The van der Waals surface area contributed by atoms with Crippen LogP contribution < -0.4 is 9.25 Å². The van der Waals surface area contributed by atoms with Crippen LogP contribution in [0.4, 0.5) is 0 Å². The van der Waals surface area contributed by atoms with Crippen LogP contribution in [-0.2, 0) is 21.1 Å². The normalized spacial score (nSPS) is 10.9. The first-order chi connectivity index (χ1) is 10.1. The topological polar surface area (TPSA) is 12.7 Å². The molecule has 3 aromatic rings. The lowest BCUT2D eigenvalue weighted by molar-refractivity contribution is -0.750. The van der Waals surface area contributed by atoms with Gasteiger partial charge in [0.05, 0.1) is 7.05 Å². The Kier molecular flexibility index (Phi) is 3.34. The molecule has 0 bridgehead atoms. The van der Waals surface area contributed by atoms with E-state index >= 15 is 0 Å². The molecule has 21 heavy (non-hydrogen) atoms. The Morgan fingerprint density at radius 2 is 1.62 bits per heavy atom. The predicted molar refractivity (Wildman–Crippen MR) is 83.4 cm³/mol. The quantitative estimate of drug-likeness (QED) is 0.639. The van der Waals surface area contributed by atoms with Gasteiger partial charge >= 0.3 is 0 Å². The number of aryl methyl sites for hydroxylation is 2. The van der Waals surface area contributed by atoms with Crippen molar-refractivity contribution < 1.29 is 9.25 Å². The van der Waals surface area contributed by atoms with E-state index in [9.17, 15) is 0 Å². The highest BCUT2D eigenvalue weighted by molar-refractivity contribution is 5.74. The standard InChI is InChI=1S/C18H21N3/c1-14-15(17-10-5-6-12-19(17)2)8-7-9-16(14)18-11-13-20(3)21(18)4/h5-13H,1-4H3/q+2. The molecule has 0 atom stereocenters. The Hall–Kier alpha value is -2.42. The lowest BCUT2D eigenvalue weighted by Gasteiger charge is -2.09. The van der Waals surface area contributed by atoms with E-state index in [1.165, 1.54) is 28.1 Å². The lowest BCUT2D eigenvalue weighted by Crippen LogP contribution is -2.36. The minimum Gasteiger partial charge on any atom is -0.201 e. The van der Waals surface area contributed by atoms with E-state index in [2.05, 4.69) is 96.9 Å². The molecule has 106 valence electrons. The molecule has 0 aliphatic carbocycles. The van der Waals surface area contributed by atoms with Crippen molar-refractivity contribution in [3.8, 4) is 22.5 Å². The summed E-state index contributed by atoms with van der Waals surface area (Å²) in [5, 5.41) is 0. The minimum atomic E-state index is 1.23. The fourth-order valence-electron chi connectivity index (χ4n) is 2.81. The zero-order valence-electron chi connectivity index (χ0n) is 13.0. The Labute approximate surface area is 125 Å². The summed E-state index contributed by atoms with van der Waals surface area (Å²) in [5.74, 6) is 0. The van der Waals surface area contributed by atoms with Gasteiger partial charge in [-0.2, -0.15) is 4.68 Å². The van der Waals surface area contributed by atoms with E-state index in [1.807, 2.05) is 0 Å². The van der Waals surface area contributed by atoms with E-state index in [0.717, 1.165) is 0 Å². The maximum Gasteiger partial charge on any atom is 0.212 e. The van der Waals surface area contributed by atoms with Crippen molar-refractivity contribution in [1.29, 1.82) is 0 Å². The minimum absolute atomic E-state index is 1.23. The molecular formula is C18H21N3+2. The molecule has 3 rings (SSSR count). The number of nitrogens with zero attached hydrogens (tertiary/aromatic N) is 3. The summed E-state index contributed by atoms with van der Waals surface area (Å²) in [5.41, 5.74) is 6.32. The summed E-state index contributed by atoms with van der Waals surface area (Å²) in [4.78, 5) is 0. The monoisotopic (exact) mass is 279 g/mol. The molecular weight excluding hydrogens is 258 g/mol. The highest BCUT2D eigenvalue weighted by Gasteiger charge is 2.17. The fourth-order valence-corrected chi connectivity index (χ4v) is 2.81. The SMILES string of the molecule is Cc1c(-c2cc[n+](C)n2C)cccc1-c1cccc[n+]1C. The summed E-state index contributed by atoms with van der Waals surface area (Å²) in [6.07, 6.45) is 4.17. The summed E-state index contributed by atoms with van der Waals surface area (Å²) in [6.45, 7) is 2.20. The molecule has 1 aromatic carbocycles. The highest BCUT2D eigenvalue weighted by Crippen LogP contribution is 2.29. The highest BCUT2D eigenvalue weighted by atomic mass is 15.4. The van der Waals surface area contributed by atoms with Gasteiger partial charge < -0.3 is 0 Å². The number of aromatic nitrogens is 3. The third-order valence-corrected chi connectivity index (χ3v) is 4.21. The number of rotatable bonds is 2. The van der Waals surface area contributed by atoms with Gasteiger partial charge in [-0.25, -0.2) is 4.57 Å². The molecule has 0 aliphatic rings. The van der Waals surface area contributed by atoms with E-state index in [-0.39, 0.29) is 0 Å². The van der Waals surface area contributed by atoms with Crippen LogP contribution in [-0.4, -0.2) is 4.68 Å². The smallest absolute Gasteiger partial charge is 0.201 e.